The maximum Gasteiger partial charge on any atom is 0.352 e. The Kier molecular flexibility index (Phi) is 8.28. The average Bonchev–Trinajstić information content (AvgIpc) is 3.25. The van der Waals surface area contributed by atoms with Crippen molar-refractivity contribution in [3.63, 3.8) is 0 Å². The second-order valence-electron chi connectivity index (χ2n) is 9.76. The van der Waals surface area contributed by atoms with Gasteiger partial charge in [0.05, 0.1) is 11.9 Å². The molecule has 2 atom stereocenters. The molecular weight excluding hydrogens is 520 g/mol. The average molecular weight is 555 g/mol. The summed E-state index contributed by atoms with van der Waals surface area (Å²) >= 11 is 0. The lowest BCUT2D eigenvalue weighted by Crippen LogP contribution is -2.44. The van der Waals surface area contributed by atoms with Crippen molar-refractivity contribution in [2.24, 2.45) is 10.7 Å². The lowest BCUT2D eigenvalue weighted by Gasteiger charge is -2.28. The minimum Gasteiger partial charge on any atom is -0.477 e. The zero-order valence-electron chi connectivity index (χ0n) is 22.2. The van der Waals surface area contributed by atoms with Gasteiger partial charge >= 0.3 is 5.97 Å². The molecule has 0 spiro atoms. The highest BCUT2D eigenvalue weighted by Crippen LogP contribution is 2.25. The van der Waals surface area contributed by atoms with Crippen LogP contribution in [-0.2, 0) is 23.0 Å². The van der Waals surface area contributed by atoms with Crippen LogP contribution >= 0.6 is 0 Å². The molecule has 0 aliphatic carbocycles. The Hall–Kier alpha value is -3.87. The van der Waals surface area contributed by atoms with Gasteiger partial charge in [0.15, 0.2) is 0 Å². The highest BCUT2D eigenvalue weighted by molar-refractivity contribution is 7.92. The summed E-state index contributed by atoms with van der Waals surface area (Å²) in [4.78, 5) is 17.8. The van der Waals surface area contributed by atoms with E-state index in [1.807, 2.05) is 25.1 Å². The molecular formula is C27H34N6O5S. The molecule has 0 bridgehead atoms. The Morgan fingerprint density at radius 1 is 1.18 bits per heavy atom. The van der Waals surface area contributed by atoms with Gasteiger partial charge in [-0.1, -0.05) is 18.2 Å². The molecule has 0 amide bonds. The molecule has 2 aromatic carbocycles. The van der Waals surface area contributed by atoms with Crippen molar-refractivity contribution in [1.29, 1.82) is 0 Å². The summed E-state index contributed by atoms with van der Waals surface area (Å²) in [5.74, 6) is -0.589. The topological polar surface area (TPSA) is 153 Å². The number of carboxylic acids is 1. The number of anilines is 1. The number of hydrogen-bond donors (Lipinski definition) is 4. The Bertz CT molecular complexity index is 1510. The highest BCUT2D eigenvalue weighted by Gasteiger charge is 2.18. The van der Waals surface area contributed by atoms with Crippen LogP contribution in [0.4, 0.5) is 5.69 Å². The summed E-state index contributed by atoms with van der Waals surface area (Å²) in [5, 5.41) is 24.4. The number of carbonyl (C=O) groups is 1. The molecule has 4 rings (SSSR count). The molecule has 11 nitrogen and oxygen atoms in total. The largest absolute Gasteiger partial charge is 0.477 e. The number of rotatable bonds is 11. The van der Waals surface area contributed by atoms with Crippen molar-refractivity contribution >= 4 is 38.4 Å². The van der Waals surface area contributed by atoms with E-state index < -0.39 is 22.2 Å². The number of nitrogens with two attached hydrogens (primary N) is 1. The number of amidine groups is 1. The third-order valence-corrected chi connectivity index (χ3v) is 7.96. The standard InChI is InChI=1S/C27H34N6O5S/c1-18(29-15-26(34)32-11-10-25(28)30-17-32)12-20-6-9-23-21(13-20)14-24(27(35)36)33(23)16-19-4-7-22(8-5-19)31(2)39(3,37)38/h4-11,13-14,18,26,29,34H,12,15-17H2,1-3H3,(H2,28,30)(H,35,36). The normalized spacial score (nSPS) is 15.3. The van der Waals surface area contributed by atoms with Crippen LogP contribution in [0.3, 0.4) is 0 Å². The molecule has 3 aromatic rings. The van der Waals surface area contributed by atoms with Crippen molar-refractivity contribution in [3.05, 3.63) is 77.6 Å². The van der Waals surface area contributed by atoms with Crippen molar-refractivity contribution < 1.29 is 23.4 Å². The number of aliphatic hydroxyl groups is 1. The Balaban J connectivity index is 1.45. The van der Waals surface area contributed by atoms with Crippen LogP contribution < -0.4 is 15.4 Å². The highest BCUT2D eigenvalue weighted by atomic mass is 32.2. The zero-order valence-corrected chi connectivity index (χ0v) is 23.0. The molecule has 0 saturated heterocycles. The molecule has 0 radical (unpaired) electrons. The number of hydrogen-bond acceptors (Lipinski definition) is 8. The predicted molar refractivity (Wildman–Crippen MR) is 152 cm³/mol. The van der Waals surface area contributed by atoms with Crippen LogP contribution in [0.5, 0.6) is 0 Å². The maximum absolute atomic E-state index is 12.0. The van der Waals surface area contributed by atoms with Crippen LogP contribution in [-0.4, -0.2) is 78.7 Å². The fraction of sp³-hybridized carbons (Fsp3) is 0.333. The fourth-order valence-electron chi connectivity index (χ4n) is 4.46. The molecule has 1 aliphatic rings. The molecule has 39 heavy (non-hydrogen) atoms. The number of aliphatic hydroxyl groups excluding tert-OH is 1. The first-order valence-electron chi connectivity index (χ1n) is 12.5. The van der Waals surface area contributed by atoms with Gasteiger partial charge in [-0.15, -0.1) is 0 Å². The van der Waals surface area contributed by atoms with Gasteiger partial charge in [0, 0.05) is 43.3 Å². The van der Waals surface area contributed by atoms with Crippen molar-refractivity contribution in [2.75, 3.05) is 30.8 Å². The van der Waals surface area contributed by atoms with Gasteiger partial charge in [-0.3, -0.25) is 4.31 Å². The quantitative estimate of drug-likeness (QED) is 0.280. The maximum atomic E-state index is 12.0. The van der Waals surface area contributed by atoms with Crippen molar-refractivity contribution in [2.45, 2.75) is 32.2 Å². The lowest BCUT2D eigenvalue weighted by atomic mass is 10.1. The fourth-order valence-corrected chi connectivity index (χ4v) is 4.96. The Labute approximate surface area is 227 Å². The molecule has 12 heteroatoms. The van der Waals surface area contributed by atoms with E-state index in [0.717, 1.165) is 28.3 Å². The van der Waals surface area contributed by atoms with E-state index >= 15 is 0 Å². The molecule has 1 aliphatic heterocycles. The third-order valence-electron chi connectivity index (χ3n) is 6.75. The van der Waals surface area contributed by atoms with Crippen LogP contribution in [0.25, 0.3) is 10.9 Å². The minimum absolute atomic E-state index is 0.0593. The van der Waals surface area contributed by atoms with E-state index in [4.69, 9.17) is 5.73 Å². The molecule has 5 N–H and O–H groups in total. The number of sulfonamides is 1. The summed E-state index contributed by atoms with van der Waals surface area (Å²) < 4.78 is 26.5. The number of benzene rings is 2. The van der Waals surface area contributed by atoms with Gasteiger partial charge in [-0.25, -0.2) is 18.2 Å². The lowest BCUT2D eigenvalue weighted by molar-refractivity contribution is 0.0375. The van der Waals surface area contributed by atoms with Crippen LogP contribution in [0, 0.1) is 0 Å². The van der Waals surface area contributed by atoms with Gasteiger partial charge in [0.1, 0.15) is 24.4 Å². The minimum atomic E-state index is -3.37. The number of nitrogens with zero attached hydrogens (tertiary/aromatic N) is 4. The van der Waals surface area contributed by atoms with Crippen LogP contribution in [0.1, 0.15) is 28.5 Å². The summed E-state index contributed by atoms with van der Waals surface area (Å²) in [6, 6.07) is 14.6. The summed E-state index contributed by atoms with van der Waals surface area (Å²) in [6.07, 6.45) is 4.46. The number of nitrogens with one attached hydrogen (secondary N) is 1. The van der Waals surface area contributed by atoms with Crippen LogP contribution in [0.15, 0.2) is 65.8 Å². The number of aromatic nitrogens is 1. The first kappa shape index (κ1) is 28.1. The second-order valence-corrected chi connectivity index (χ2v) is 11.8. The van der Waals surface area contributed by atoms with Crippen molar-refractivity contribution in [1.82, 2.24) is 14.8 Å². The molecule has 0 fully saturated rings. The van der Waals surface area contributed by atoms with E-state index in [1.165, 1.54) is 11.4 Å². The van der Waals surface area contributed by atoms with Gasteiger partial charge in [0.2, 0.25) is 10.0 Å². The van der Waals surface area contributed by atoms with E-state index in [1.54, 1.807) is 52.1 Å². The Morgan fingerprint density at radius 3 is 2.49 bits per heavy atom. The summed E-state index contributed by atoms with van der Waals surface area (Å²) in [5.41, 5.74) is 9.00. The van der Waals surface area contributed by atoms with Crippen LogP contribution in [0.2, 0.25) is 0 Å². The molecule has 2 heterocycles. The molecule has 0 saturated carbocycles. The van der Waals surface area contributed by atoms with E-state index in [-0.39, 0.29) is 11.7 Å². The number of fused-ring (bicyclic) bond motifs is 1. The van der Waals surface area contributed by atoms with Gasteiger partial charge in [-0.05, 0) is 60.9 Å². The molecule has 1 aromatic heterocycles. The number of aliphatic imine (C=N–C) groups is 1. The summed E-state index contributed by atoms with van der Waals surface area (Å²) in [6.45, 7) is 3.00. The third kappa shape index (κ3) is 6.77. The first-order chi connectivity index (χ1) is 18.4. The predicted octanol–water partition coefficient (Wildman–Crippen LogP) is 1.77. The van der Waals surface area contributed by atoms with E-state index in [2.05, 4.69) is 10.3 Å². The van der Waals surface area contributed by atoms with Gasteiger partial charge < -0.3 is 30.7 Å². The first-order valence-corrected chi connectivity index (χ1v) is 14.3. The monoisotopic (exact) mass is 554 g/mol. The van der Waals surface area contributed by atoms with Gasteiger partial charge in [-0.2, -0.15) is 0 Å². The van der Waals surface area contributed by atoms with Gasteiger partial charge in [0.25, 0.3) is 0 Å². The van der Waals surface area contributed by atoms with Crippen molar-refractivity contribution in [3.8, 4) is 0 Å². The SMILES string of the molecule is CC(Cc1ccc2c(c1)cc(C(=O)O)n2Cc1ccc(N(C)S(C)(=O)=O)cc1)NCC(O)N1C=CC(N)=NC1. The smallest absolute Gasteiger partial charge is 0.352 e. The zero-order chi connectivity index (χ0) is 28.3. The number of carboxylic acid groups (broad SMARTS) is 1. The Morgan fingerprint density at radius 2 is 1.87 bits per heavy atom. The van der Waals surface area contributed by atoms with E-state index in [9.17, 15) is 23.4 Å². The molecule has 208 valence electrons. The summed E-state index contributed by atoms with van der Waals surface area (Å²) in [7, 11) is -1.89. The molecule has 2 unspecified atom stereocenters. The second kappa shape index (κ2) is 11.5. The van der Waals surface area contributed by atoms with E-state index in [0.29, 0.717) is 37.7 Å². The number of aromatic carboxylic acids is 1.